The third-order valence-corrected chi connectivity index (χ3v) is 8.04. The predicted molar refractivity (Wildman–Crippen MR) is 167 cm³/mol. The smallest absolute Gasteiger partial charge is 0.269 e. The Kier molecular flexibility index (Phi) is 8.54. The van der Waals surface area contributed by atoms with Crippen molar-refractivity contribution >= 4 is 57.5 Å². The molecule has 1 N–H and O–H groups in total. The number of nitrogens with one attached hydrogen (secondary N) is 1. The van der Waals surface area contributed by atoms with Gasteiger partial charge in [0.15, 0.2) is 10.9 Å². The molecule has 1 fully saturated rings. The molecule has 0 aliphatic carbocycles. The van der Waals surface area contributed by atoms with Crippen LogP contribution in [0.3, 0.4) is 0 Å². The van der Waals surface area contributed by atoms with Gasteiger partial charge >= 0.3 is 0 Å². The zero-order chi connectivity index (χ0) is 29.1. The summed E-state index contributed by atoms with van der Waals surface area (Å²) in [4.78, 5) is 41.7. The zero-order valence-corrected chi connectivity index (χ0v) is 25.0. The van der Waals surface area contributed by atoms with Crippen LogP contribution in [0.2, 0.25) is 0 Å². The molecule has 3 aromatic rings. The summed E-state index contributed by atoms with van der Waals surface area (Å²) in [6, 6.07) is 13.8. The van der Waals surface area contributed by atoms with E-state index >= 15 is 0 Å². The number of benzene rings is 2. The number of carbonyl (C=O) groups is 2. The molecule has 3 heterocycles. The van der Waals surface area contributed by atoms with E-state index in [1.54, 1.807) is 9.80 Å². The maximum atomic E-state index is 14.1. The van der Waals surface area contributed by atoms with Gasteiger partial charge in [0.25, 0.3) is 11.8 Å². The highest BCUT2D eigenvalue weighted by molar-refractivity contribution is 7.80. The second-order valence-corrected chi connectivity index (χ2v) is 10.6. The fraction of sp³-hybridized carbons (Fsp3) is 0.375. The number of anilines is 1. The molecule has 9 heteroatoms. The molecule has 5 rings (SSSR count). The fourth-order valence-electron chi connectivity index (χ4n) is 5.25. The summed E-state index contributed by atoms with van der Waals surface area (Å²) in [6.45, 7) is 10.9. The minimum atomic E-state index is -0.429. The molecule has 0 saturated carbocycles. The lowest BCUT2D eigenvalue weighted by molar-refractivity contribution is -0.134. The van der Waals surface area contributed by atoms with Crippen molar-refractivity contribution in [3.63, 3.8) is 0 Å². The van der Waals surface area contributed by atoms with Gasteiger partial charge in [0.2, 0.25) is 0 Å². The number of aromatic nitrogens is 2. The summed E-state index contributed by atoms with van der Waals surface area (Å²) < 4.78 is 6.58. The molecular formula is C32H37N5O3S. The lowest BCUT2D eigenvalue weighted by Gasteiger charge is -2.37. The maximum absolute atomic E-state index is 14.1. The average Bonchev–Trinajstić information content (AvgIpc) is 3.41. The molecule has 0 spiro atoms. The SMILES string of the molecule is CCCCN1C(=O)C(=C2Oc3cc(N(CC)CC)ccc3C=C2c2nc3ccccc3[nH]2)C(=O)N(CCCC)C1=S. The van der Waals surface area contributed by atoms with E-state index < -0.39 is 11.8 Å². The van der Waals surface area contributed by atoms with Crippen LogP contribution in [-0.2, 0) is 9.59 Å². The Balaban J connectivity index is 1.72. The second kappa shape index (κ2) is 12.3. The van der Waals surface area contributed by atoms with Crippen molar-refractivity contribution in [1.82, 2.24) is 19.8 Å². The van der Waals surface area contributed by atoms with Crippen molar-refractivity contribution in [2.45, 2.75) is 53.4 Å². The number of H-pyrrole nitrogens is 1. The lowest BCUT2D eigenvalue weighted by atomic mass is 9.98. The Morgan fingerprint density at radius 2 is 1.59 bits per heavy atom. The highest BCUT2D eigenvalue weighted by Crippen LogP contribution is 2.41. The number of aromatic amines is 1. The van der Waals surface area contributed by atoms with Crippen LogP contribution in [0.15, 0.2) is 53.8 Å². The van der Waals surface area contributed by atoms with Crippen molar-refractivity contribution in [2.24, 2.45) is 0 Å². The fourth-order valence-corrected chi connectivity index (χ4v) is 5.59. The Bertz CT molecular complexity index is 1490. The summed E-state index contributed by atoms with van der Waals surface area (Å²) in [6.07, 6.45) is 5.28. The molecule has 0 unspecified atom stereocenters. The van der Waals surface area contributed by atoms with E-state index in [0.717, 1.165) is 61.1 Å². The minimum absolute atomic E-state index is 0.0172. The standard InChI is InChI=1S/C32H37N5O3S/c1-5-9-17-36-30(38)27(31(39)37(32(36)41)18-10-6-2)28-23(29-33-24-13-11-12-14-25(24)34-29)19-21-15-16-22(20-26(21)40-28)35(7-3)8-4/h11-16,19-20H,5-10,17-18H2,1-4H3,(H,33,34). The number of amides is 2. The van der Waals surface area contributed by atoms with Gasteiger partial charge in [-0.1, -0.05) is 38.8 Å². The molecule has 8 nitrogen and oxygen atoms in total. The van der Waals surface area contributed by atoms with Gasteiger partial charge in [0, 0.05) is 43.5 Å². The molecule has 0 radical (unpaired) electrons. The van der Waals surface area contributed by atoms with Gasteiger partial charge < -0.3 is 14.6 Å². The van der Waals surface area contributed by atoms with Gasteiger partial charge in [-0.2, -0.15) is 0 Å². The quantitative estimate of drug-likeness (QED) is 0.179. The summed E-state index contributed by atoms with van der Waals surface area (Å²) in [5, 5.41) is 0.264. The van der Waals surface area contributed by atoms with Gasteiger partial charge in [0.05, 0.1) is 16.6 Å². The molecule has 2 amide bonds. The third kappa shape index (κ3) is 5.38. The van der Waals surface area contributed by atoms with Crippen LogP contribution >= 0.6 is 12.2 Å². The van der Waals surface area contributed by atoms with Gasteiger partial charge in [-0.25, -0.2) is 4.98 Å². The Hall–Kier alpha value is -3.98. The number of thiocarbonyl (C=S) groups is 1. The van der Waals surface area contributed by atoms with Crippen molar-refractivity contribution < 1.29 is 14.3 Å². The molecule has 214 valence electrons. The second-order valence-electron chi connectivity index (χ2n) is 10.3. The number of rotatable bonds is 10. The first-order valence-corrected chi connectivity index (χ1v) is 15.0. The van der Waals surface area contributed by atoms with Crippen molar-refractivity contribution in [3.8, 4) is 5.75 Å². The molecule has 1 saturated heterocycles. The predicted octanol–water partition coefficient (Wildman–Crippen LogP) is 6.15. The Morgan fingerprint density at radius 3 is 2.20 bits per heavy atom. The molecule has 41 heavy (non-hydrogen) atoms. The molecule has 2 aliphatic heterocycles. The van der Waals surface area contributed by atoms with Crippen LogP contribution < -0.4 is 9.64 Å². The van der Waals surface area contributed by atoms with E-state index in [9.17, 15) is 9.59 Å². The summed E-state index contributed by atoms with van der Waals surface area (Å²) in [7, 11) is 0. The zero-order valence-electron chi connectivity index (χ0n) is 24.2. The number of hydrogen-bond donors (Lipinski definition) is 1. The van der Waals surface area contributed by atoms with Gasteiger partial charge in [-0.05, 0) is 69.2 Å². The van der Waals surface area contributed by atoms with Crippen LogP contribution in [-0.4, -0.2) is 62.9 Å². The van der Waals surface area contributed by atoms with Crippen molar-refractivity contribution in [2.75, 3.05) is 31.1 Å². The summed E-state index contributed by atoms with van der Waals surface area (Å²) in [5.74, 6) is 0.462. The van der Waals surface area contributed by atoms with Crippen molar-refractivity contribution in [1.29, 1.82) is 0 Å². The number of allylic oxidation sites excluding steroid dienone is 1. The number of ether oxygens (including phenoxy) is 1. The highest BCUT2D eigenvalue weighted by Gasteiger charge is 2.43. The van der Waals surface area contributed by atoms with Gasteiger partial charge in [-0.15, -0.1) is 0 Å². The van der Waals surface area contributed by atoms with E-state index in [1.165, 1.54) is 0 Å². The number of fused-ring (bicyclic) bond motifs is 2. The molecular weight excluding hydrogens is 534 g/mol. The summed E-state index contributed by atoms with van der Waals surface area (Å²) >= 11 is 5.69. The van der Waals surface area contributed by atoms with Gasteiger partial charge in [0.1, 0.15) is 17.1 Å². The number of unbranched alkanes of at least 4 members (excludes halogenated alkanes) is 2. The number of para-hydroxylation sites is 2. The molecule has 1 aromatic heterocycles. The van der Waals surface area contributed by atoms with Crippen molar-refractivity contribution in [3.05, 3.63) is 65.2 Å². The third-order valence-electron chi connectivity index (χ3n) is 7.60. The minimum Gasteiger partial charge on any atom is -0.455 e. The molecule has 2 aromatic carbocycles. The molecule has 0 bridgehead atoms. The first kappa shape index (κ1) is 28.5. The van der Waals surface area contributed by atoms with Gasteiger partial charge in [-0.3, -0.25) is 19.4 Å². The molecule has 2 aliphatic rings. The number of carbonyl (C=O) groups excluding carboxylic acids is 2. The van der Waals surface area contributed by atoms with Crippen LogP contribution in [0.5, 0.6) is 5.75 Å². The normalized spacial score (nSPS) is 15.4. The number of nitrogens with zero attached hydrogens (tertiary/aromatic N) is 4. The number of hydrogen-bond acceptors (Lipinski definition) is 6. The topological polar surface area (TPSA) is 81.8 Å². The molecule has 0 atom stereocenters. The average molecular weight is 572 g/mol. The van der Waals surface area contributed by atoms with E-state index in [1.807, 2.05) is 42.5 Å². The first-order valence-electron chi connectivity index (χ1n) is 14.6. The van der Waals surface area contributed by atoms with E-state index in [-0.39, 0.29) is 16.4 Å². The van der Waals surface area contributed by atoms with Crippen LogP contribution in [0.25, 0.3) is 22.7 Å². The van der Waals surface area contributed by atoms with Crippen LogP contribution in [0.4, 0.5) is 5.69 Å². The Morgan fingerprint density at radius 1 is 0.927 bits per heavy atom. The van der Waals surface area contributed by atoms with E-state index in [4.69, 9.17) is 21.9 Å². The van der Waals surface area contributed by atoms with E-state index in [2.05, 4.69) is 43.6 Å². The Labute approximate surface area is 246 Å². The number of imidazole rings is 1. The maximum Gasteiger partial charge on any atom is 0.269 e. The first-order chi connectivity index (χ1) is 19.9. The largest absolute Gasteiger partial charge is 0.455 e. The monoisotopic (exact) mass is 571 g/mol. The highest BCUT2D eigenvalue weighted by atomic mass is 32.1. The van der Waals surface area contributed by atoms with E-state index in [0.29, 0.717) is 30.2 Å². The summed E-state index contributed by atoms with van der Waals surface area (Å²) in [5.41, 5.74) is 4.03. The van der Waals surface area contributed by atoms with Crippen LogP contribution in [0.1, 0.15) is 64.8 Å². The lowest BCUT2D eigenvalue weighted by Crippen LogP contribution is -2.57. The van der Waals surface area contributed by atoms with Crippen LogP contribution in [0, 0.1) is 0 Å².